The minimum atomic E-state index is -1.29. The zero-order chi connectivity index (χ0) is 37.0. The van der Waals surface area contributed by atoms with Crippen LogP contribution < -0.4 is 25.7 Å². The Kier molecular flexibility index (Phi) is 11.5. The highest BCUT2D eigenvalue weighted by atomic mass is 16.5. The van der Waals surface area contributed by atoms with Crippen LogP contribution in [-0.4, -0.2) is 101 Å². The Morgan fingerprint density at radius 2 is 1.76 bits per heavy atom. The molecule has 3 amide bonds. The molecule has 5 rings (SSSR count). The quantitative estimate of drug-likeness (QED) is 0.353. The Morgan fingerprint density at radius 1 is 1.04 bits per heavy atom. The molecule has 1 saturated heterocycles. The summed E-state index contributed by atoms with van der Waals surface area (Å²) < 4.78 is 20.2. The summed E-state index contributed by atoms with van der Waals surface area (Å²) in [6.45, 7) is 8.00. The number of hydrogen-bond donors (Lipinski definition) is 2. The number of benzene rings is 2. The van der Waals surface area contributed by atoms with E-state index in [2.05, 4.69) is 10.6 Å². The lowest BCUT2D eigenvalue weighted by Crippen LogP contribution is -2.56. The van der Waals surface area contributed by atoms with Crippen LogP contribution in [0, 0.1) is 12.8 Å². The van der Waals surface area contributed by atoms with E-state index in [-0.39, 0.29) is 54.1 Å². The lowest BCUT2D eigenvalue weighted by molar-refractivity contribution is -0.154. The largest absolute Gasteiger partial charge is 0.493 e. The third kappa shape index (κ3) is 7.95. The Hall–Kier alpha value is -5.11. The molecule has 1 fully saturated rings. The number of fused-ring (bicyclic) bond motifs is 2. The van der Waals surface area contributed by atoms with E-state index in [0.717, 1.165) is 5.69 Å². The van der Waals surface area contributed by atoms with Gasteiger partial charge in [0.25, 0.3) is 17.4 Å². The fourth-order valence-corrected chi connectivity index (χ4v) is 6.73. The third-order valence-electron chi connectivity index (χ3n) is 9.77. The fraction of sp³-hybridized carbons (Fsp3) is 0.486. The van der Waals surface area contributed by atoms with Crippen LogP contribution in [0.1, 0.15) is 55.2 Å². The van der Waals surface area contributed by atoms with Crippen LogP contribution in [0.5, 0.6) is 11.5 Å². The molecule has 0 saturated carbocycles. The summed E-state index contributed by atoms with van der Waals surface area (Å²) in [6.07, 6.45) is -0.267. The summed E-state index contributed by atoms with van der Waals surface area (Å²) >= 11 is 0. The van der Waals surface area contributed by atoms with Gasteiger partial charge in [-0.2, -0.15) is 0 Å². The molecule has 51 heavy (non-hydrogen) atoms. The van der Waals surface area contributed by atoms with Crippen LogP contribution in [0.3, 0.4) is 0 Å². The molecule has 14 nitrogen and oxygen atoms in total. The lowest BCUT2D eigenvalue weighted by Gasteiger charge is -2.33. The number of nitrogens with zero attached hydrogens (tertiary/aromatic N) is 4. The molecule has 274 valence electrons. The number of esters is 1. The molecule has 0 aliphatic carbocycles. The van der Waals surface area contributed by atoms with Gasteiger partial charge in [-0.1, -0.05) is 32.0 Å². The maximum Gasteiger partial charge on any atom is 0.328 e. The number of aromatic nitrogens is 2. The van der Waals surface area contributed by atoms with Crippen molar-refractivity contribution in [2.24, 2.45) is 13.0 Å². The number of methoxy groups -OCH3 is 2. The van der Waals surface area contributed by atoms with Gasteiger partial charge in [-0.3, -0.25) is 28.8 Å². The van der Waals surface area contributed by atoms with Gasteiger partial charge in [0.05, 0.1) is 38.1 Å². The van der Waals surface area contributed by atoms with Crippen LogP contribution in [0.25, 0.3) is 5.69 Å². The minimum absolute atomic E-state index is 0.0385. The van der Waals surface area contributed by atoms with Crippen molar-refractivity contribution in [3.63, 3.8) is 0 Å². The fourth-order valence-electron chi connectivity index (χ4n) is 6.73. The second-order valence-corrected chi connectivity index (χ2v) is 13.5. The van der Waals surface area contributed by atoms with Gasteiger partial charge in [0, 0.05) is 44.0 Å². The molecule has 3 aromatic rings. The SMILES string of the molecule is COC(=O)[C@H]1CCCN1C(=O)[C@H]1Oc2cc(ccc2OC)C(=O)N[C@@H](C(C)C)CN(Cc2c(C)n(C)n(-c3ccccc3)c2=O)CC(=O)N[C@H]1C. The molecule has 2 aromatic carbocycles. The van der Waals surface area contributed by atoms with Gasteiger partial charge in [0.2, 0.25) is 5.91 Å². The monoisotopic (exact) mass is 704 g/mol. The molecule has 2 N–H and O–H groups in total. The summed E-state index contributed by atoms with van der Waals surface area (Å²) in [5, 5.41) is 6.05. The Bertz CT molecular complexity index is 1820. The number of para-hydroxylation sites is 1. The summed E-state index contributed by atoms with van der Waals surface area (Å²) in [5.74, 6) is -1.47. The number of amides is 3. The molecule has 14 heteroatoms. The van der Waals surface area contributed by atoms with E-state index in [1.54, 1.807) is 28.4 Å². The van der Waals surface area contributed by atoms with E-state index in [1.165, 1.54) is 25.2 Å². The highest BCUT2D eigenvalue weighted by molar-refractivity contribution is 5.95. The van der Waals surface area contributed by atoms with Crippen LogP contribution >= 0.6 is 0 Å². The van der Waals surface area contributed by atoms with Crippen molar-refractivity contribution < 1.29 is 33.4 Å². The van der Waals surface area contributed by atoms with Crippen LogP contribution in [-0.2, 0) is 32.7 Å². The number of nitrogens with one attached hydrogen (secondary N) is 2. The number of carbonyl (C=O) groups is 4. The molecule has 0 unspecified atom stereocenters. The Labute approximate surface area is 297 Å². The van der Waals surface area contributed by atoms with E-state index >= 15 is 0 Å². The van der Waals surface area contributed by atoms with Crippen LogP contribution in [0.4, 0.5) is 0 Å². The second kappa shape index (κ2) is 15.8. The first-order valence-electron chi connectivity index (χ1n) is 17.2. The molecule has 1 aromatic heterocycles. The predicted octanol–water partition coefficient (Wildman–Crippen LogP) is 2.18. The standard InChI is InChI=1S/C37H48N6O8/c1-22(2)28-20-41(19-27-24(4)40(5)43(35(27)46)26-12-9-8-10-13-26)21-32(44)38-23(3)33(36(47)42-17-11-14-29(42)37(48)50-7)51-31-18-25(34(45)39-28)15-16-30(31)49-6/h8-10,12-13,15-16,18,22-23,28-29,33H,11,14,17,19-21H2,1-7H3,(H,38,44)(H,39,45)/t23-,28+,29+,33-/m0/s1. The van der Waals surface area contributed by atoms with E-state index < -0.39 is 42.0 Å². The van der Waals surface area contributed by atoms with E-state index in [4.69, 9.17) is 14.2 Å². The minimum Gasteiger partial charge on any atom is -0.493 e. The van der Waals surface area contributed by atoms with E-state index in [1.807, 2.05) is 63.1 Å². The molecule has 0 spiro atoms. The summed E-state index contributed by atoms with van der Waals surface area (Å²) in [4.78, 5) is 71.5. The van der Waals surface area contributed by atoms with Crippen molar-refractivity contribution in [2.45, 2.75) is 71.3 Å². The molecular formula is C37H48N6O8. The smallest absolute Gasteiger partial charge is 0.328 e. The van der Waals surface area contributed by atoms with Gasteiger partial charge in [-0.25, -0.2) is 9.48 Å². The van der Waals surface area contributed by atoms with Gasteiger partial charge in [0.15, 0.2) is 17.6 Å². The first kappa shape index (κ1) is 37.2. The molecule has 3 heterocycles. The Morgan fingerprint density at radius 3 is 2.43 bits per heavy atom. The van der Waals surface area contributed by atoms with E-state index in [9.17, 15) is 24.0 Å². The number of hydrogen-bond acceptors (Lipinski definition) is 9. The highest BCUT2D eigenvalue weighted by Gasteiger charge is 2.41. The highest BCUT2D eigenvalue weighted by Crippen LogP contribution is 2.31. The molecule has 0 radical (unpaired) electrons. The topological polar surface area (TPSA) is 153 Å². The average Bonchev–Trinajstić information content (AvgIpc) is 3.68. The van der Waals surface area contributed by atoms with Gasteiger partial charge < -0.3 is 29.7 Å². The number of likely N-dealkylation sites (tertiary alicyclic amines) is 1. The summed E-state index contributed by atoms with van der Waals surface area (Å²) in [5.41, 5.74) is 2.02. The first-order chi connectivity index (χ1) is 24.3. The number of carbonyl (C=O) groups excluding carboxylic acids is 4. The van der Waals surface area contributed by atoms with Crippen LogP contribution in [0.15, 0.2) is 53.3 Å². The van der Waals surface area contributed by atoms with Gasteiger partial charge >= 0.3 is 5.97 Å². The normalized spacial score (nSPS) is 21.8. The van der Waals surface area contributed by atoms with Crippen molar-refractivity contribution >= 4 is 23.7 Å². The number of ether oxygens (including phenoxy) is 3. The first-order valence-corrected chi connectivity index (χ1v) is 17.2. The lowest BCUT2D eigenvalue weighted by atomic mass is 10.0. The van der Waals surface area contributed by atoms with Crippen molar-refractivity contribution in [1.29, 1.82) is 0 Å². The second-order valence-electron chi connectivity index (χ2n) is 13.5. The summed E-state index contributed by atoms with van der Waals surface area (Å²) in [7, 11) is 4.53. The zero-order valence-corrected chi connectivity index (χ0v) is 30.3. The molecular weight excluding hydrogens is 656 g/mol. The Balaban J connectivity index is 1.54. The van der Waals surface area contributed by atoms with Gasteiger partial charge in [0.1, 0.15) is 6.04 Å². The van der Waals surface area contributed by atoms with Gasteiger partial charge in [-0.15, -0.1) is 0 Å². The summed E-state index contributed by atoms with van der Waals surface area (Å²) in [6, 6.07) is 11.9. The average molecular weight is 705 g/mol. The van der Waals surface area contributed by atoms with Crippen molar-refractivity contribution in [1.82, 2.24) is 29.8 Å². The molecule has 2 bridgehead atoms. The zero-order valence-electron chi connectivity index (χ0n) is 30.3. The maximum absolute atomic E-state index is 14.2. The van der Waals surface area contributed by atoms with Gasteiger partial charge in [-0.05, 0) is 62.9 Å². The maximum atomic E-state index is 14.2. The number of rotatable bonds is 7. The molecule has 4 atom stereocenters. The third-order valence-corrected chi connectivity index (χ3v) is 9.77. The van der Waals surface area contributed by atoms with Crippen molar-refractivity contribution in [3.8, 4) is 17.2 Å². The van der Waals surface area contributed by atoms with Crippen molar-refractivity contribution in [3.05, 3.63) is 75.7 Å². The van der Waals surface area contributed by atoms with Crippen LogP contribution in [0.2, 0.25) is 0 Å². The molecule has 2 aliphatic heterocycles. The van der Waals surface area contributed by atoms with E-state index in [0.29, 0.717) is 30.6 Å². The van der Waals surface area contributed by atoms with Crippen molar-refractivity contribution in [2.75, 3.05) is 33.9 Å². The molecule has 2 aliphatic rings. The predicted molar refractivity (Wildman–Crippen MR) is 189 cm³/mol.